The van der Waals surface area contributed by atoms with Gasteiger partial charge in [0.25, 0.3) is 17.1 Å². The number of amides is 3. The van der Waals surface area contributed by atoms with Gasteiger partial charge in [0.1, 0.15) is 12.1 Å². The van der Waals surface area contributed by atoms with Gasteiger partial charge in [-0.15, -0.1) is 5.10 Å². The Labute approximate surface area is 179 Å². The van der Waals surface area contributed by atoms with Crippen molar-refractivity contribution in [2.75, 3.05) is 13.1 Å². The topological polar surface area (TPSA) is 110 Å². The molecular formula is C20H15FN6O3S. The van der Waals surface area contributed by atoms with Crippen LogP contribution in [-0.2, 0) is 4.79 Å². The van der Waals surface area contributed by atoms with Gasteiger partial charge in [-0.05, 0) is 58.1 Å². The third-order valence-electron chi connectivity index (χ3n) is 4.41. The molecule has 4 rings (SSSR count). The molecule has 0 aliphatic carbocycles. The lowest BCUT2D eigenvalue weighted by atomic mass is 10.1. The Morgan fingerprint density at radius 3 is 2.65 bits per heavy atom. The molecule has 0 saturated carbocycles. The summed E-state index contributed by atoms with van der Waals surface area (Å²) in [7, 11) is 0. The lowest BCUT2D eigenvalue weighted by Gasteiger charge is -2.14. The van der Waals surface area contributed by atoms with E-state index in [9.17, 15) is 18.8 Å². The Morgan fingerprint density at radius 2 is 1.90 bits per heavy atom. The molecular weight excluding hydrogens is 423 g/mol. The summed E-state index contributed by atoms with van der Waals surface area (Å²) >= 11 is 0.803. The van der Waals surface area contributed by atoms with E-state index >= 15 is 0 Å². The number of para-hydroxylation sites is 1. The number of rotatable bonds is 6. The zero-order valence-electron chi connectivity index (χ0n) is 15.9. The Bertz CT molecular complexity index is 1160. The number of halogens is 1. The fraction of sp³-hybridized carbons (Fsp3) is 0.100. The lowest BCUT2D eigenvalue weighted by molar-refractivity contribution is -0.122. The fourth-order valence-electron chi connectivity index (χ4n) is 2.92. The number of aromatic nitrogens is 4. The quantitative estimate of drug-likeness (QED) is 0.588. The molecule has 0 bridgehead atoms. The molecule has 11 heteroatoms. The summed E-state index contributed by atoms with van der Waals surface area (Å²) in [4.78, 5) is 38.7. The predicted molar refractivity (Wildman–Crippen MR) is 111 cm³/mol. The van der Waals surface area contributed by atoms with Crippen LogP contribution in [0.1, 0.15) is 15.9 Å². The first-order valence-electron chi connectivity index (χ1n) is 9.14. The molecule has 156 valence electrons. The molecule has 1 fully saturated rings. The molecule has 0 atom stereocenters. The van der Waals surface area contributed by atoms with Crippen molar-refractivity contribution in [3.05, 3.63) is 76.7 Å². The second kappa shape index (κ2) is 8.88. The minimum Gasteiger partial charge on any atom is -0.350 e. The van der Waals surface area contributed by atoms with Gasteiger partial charge in [0.05, 0.1) is 16.2 Å². The summed E-state index contributed by atoms with van der Waals surface area (Å²) in [6.07, 6.45) is 2.91. The molecule has 2 heterocycles. The monoisotopic (exact) mass is 438 g/mol. The largest absolute Gasteiger partial charge is 0.350 e. The van der Waals surface area contributed by atoms with Crippen molar-refractivity contribution in [2.24, 2.45) is 0 Å². The third kappa shape index (κ3) is 4.51. The van der Waals surface area contributed by atoms with E-state index in [1.54, 1.807) is 24.3 Å². The van der Waals surface area contributed by atoms with E-state index in [0.29, 0.717) is 16.8 Å². The number of tetrazole rings is 1. The lowest BCUT2D eigenvalue weighted by Crippen LogP contribution is -2.37. The molecule has 2 aromatic carbocycles. The highest BCUT2D eigenvalue weighted by Crippen LogP contribution is 2.31. The van der Waals surface area contributed by atoms with Gasteiger partial charge in [0, 0.05) is 13.1 Å². The van der Waals surface area contributed by atoms with Crippen LogP contribution in [0, 0.1) is 5.82 Å². The van der Waals surface area contributed by atoms with Crippen LogP contribution in [0.4, 0.5) is 9.18 Å². The zero-order chi connectivity index (χ0) is 21.8. The van der Waals surface area contributed by atoms with Crippen molar-refractivity contribution in [1.82, 2.24) is 30.4 Å². The van der Waals surface area contributed by atoms with E-state index in [0.717, 1.165) is 16.7 Å². The number of carbonyl (C=O) groups excluding carboxylic acids is 3. The van der Waals surface area contributed by atoms with Crippen LogP contribution in [0.2, 0.25) is 0 Å². The molecule has 1 saturated heterocycles. The van der Waals surface area contributed by atoms with Gasteiger partial charge in [0.15, 0.2) is 0 Å². The van der Waals surface area contributed by atoms with Crippen molar-refractivity contribution in [2.45, 2.75) is 0 Å². The average Bonchev–Trinajstić information content (AvgIpc) is 3.40. The second-order valence-electron chi connectivity index (χ2n) is 6.41. The highest BCUT2D eigenvalue weighted by atomic mass is 32.2. The van der Waals surface area contributed by atoms with Crippen LogP contribution in [0.5, 0.6) is 0 Å². The first-order valence-corrected chi connectivity index (χ1v) is 9.96. The molecule has 0 unspecified atom stereocenters. The Balaban J connectivity index is 1.39. The van der Waals surface area contributed by atoms with Gasteiger partial charge >= 0.3 is 0 Å². The summed E-state index contributed by atoms with van der Waals surface area (Å²) in [5, 5.41) is 13.2. The summed E-state index contributed by atoms with van der Waals surface area (Å²) in [6, 6.07) is 12.4. The normalized spacial score (nSPS) is 15.0. The summed E-state index contributed by atoms with van der Waals surface area (Å²) < 4.78 is 14.4. The van der Waals surface area contributed by atoms with Crippen molar-refractivity contribution in [3.63, 3.8) is 0 Å². The average molecular weight is 438 g/mol. The molecule has 3 aromatic rings. The molecule has 3 amide bonds. The van der Waals surface area contributed by atoms with Crippen LogP contribution < -0.4 is 5.32 Å². The maximum atomic E-state index is 13.0. The molecule has 1 aromatic heterocycles. The third-order valence-corrected chi connectivity index (χ3v) is 5.31. The Kier molecular flexibility index (Phi) is 5.85. The van der Waals surface area contributed by atoms with E-state index in [4.69, 9.17) is 0 Å². The van der Waals surface area contributed by atoms with Gasteiger partial charge in [-0.2, -0.15) is 4.68 Å². The van der Waals surface area contributed by atoms with Gasteiger partial charge < -0.3 is 5.32 Å². The predicted octanol–water partition coefficient (Wildman–Crippen LogP) is 2.27. The summed E-state index contributed by atoms with van der Waals surface area (Å²) in [5.41, 5.74) is 1.46. The summed E-state index contributed by atoms with van der Waals surface area (Å²) in [6.45, 7) is 0.0921. The van der Waals surface area contributed by atoms with Crippen LogP contribution in [0.3, 0.4) is 0 Å². The van der Waals surface area contributed by atoms with Crippen molar-refractivity contribution < 1.29 is 18.8 Å². The fourth-order valence-corrected chi connectivity index (χ4v) is 3.78. The molecule has 0 spiro atoms. The number of hydrogen-bond acceptors (Lipinski definition) is 7. The minimum absolute atomic E-state index is 0.0181. The number of thioether (sulfide) groups is 1. The van der Waals surface area contributed by atoms with E-state index < -0.39 is 11.1 Å². The smallest absolute Gasteiger partial charge is 0.293 e. The highest BCUT2D eigenvalue weighted by molar-refractivity contribution is 8.18. The van der Waals surface area contributed by atoms with Gasteiger partial charge in [-0.3, -0.25) is 19.3 Å². The van der Waals surface area contributed by atoms with E-state index in [2.05, 4.69) is 20.8 Å². The molecule has 0 radical (unpaired) electrons. The molecule has 31 heavy (non-hydrogen) atoms. The molecule has 1 N–H and O–H groups in total. The number of benzene rings is 2. The maximum absolute atomic E-state index is 13.0. The number of nitrogens with one attached hydrogen (secondary N) is 1. The minimum atomic E-state index is -0.456. The Morgan fingerprint density at radius 1 is 1.13 bits per heavy atom. The second-order valence-corrected chi connectivity index (χ2v) is 7.41. The first kappa shape index (κ1) is 20.4. The van der Waals surface area contributed by atoms with Crippen LogP contribution >= 0.6 is 11.8 Å². The van der Waals surface area contributed by atoms with Crippen molar-refractivity contribution >= 4 is 34.9 Å². The van der Waals surface area contributed by atoms with Gasteiger partial charge in [0.2, 0.25) is 0 Å². The Hall–Kier alpha value is -3.86. The number of nitrogens with zero attached hydrogens (tertiary/aromatic N) is 5. The van der Waals surface area contributed by atoms with Gasteiger partial charge in [-0.25, -0.2) is 4.39 Å². The van der Waals surface area contributed by atoms with Crippen LogP contribution in [0.25, 0.3) is 11.8 Å². The zero-order valence-corrected chi connectivity index (χ0v) is 16.8. The number of carbonyl (C=O) groups is 3. The SMILES string of the molecule is O=C(NCCN1C(=O)S/C(=C\c2ccc(F)cc2)C1=O)c1ccccc1-n1cnnn1. The maximum Gasteiger partial charge on any atom is 0.293 e. The molecule has 9 nitrogen and oxygen atoms in total. The van der Waals surface area contributed by atoms with E-state index in [1.807, 2.05) is 0 Å². The summed E-state index contributed by atoms with van der Waals surface area (Å²) in [5.74, 6) is -1.23. The molecule has 1 aliphatic rings. The first-order chi connectivity index (χ1) is 15.0. The standard InChI is InChI=1S/C20H15FN6O3S/c21-14-7-5-13(6-8-14)11-17-19(29)26(20(30)31-17)10-9-22-18(28)15-3-1-2-4-16(15)27-12-23-24-25-27/h1-8,11-12H,9-10H2,(H,22,28)/b17-11-. The van der Waals surface area contributed by atoms with Crippen molar-refractivity contribution in [3.8, 4) is 5.69 Å². The van der Waals surface area contributed by atoms with E-state index in [1.165, 1.54) is 41.4 Å². The molecule has 1 aliphatic heterocycles. The number of imide groups is 1. The van der Waals surface area contributed by atoms with Crippen LogP contribution in [0.15, 0.2) is 59.8 Å². The van der Waals surface area contributed by atoms with Crippen molar-refractivity contribution in [1.29, 1.82) is 0 Å². The van der Waals surface area contributed by atoms with E-state index in [-0.39, 0.29) is 29.7 Å². The van der Waals surface area contributed by atoms with Crippen LogP contribution in [-0.4, -0.2) is 55.3 Å². The highest BCUT2D eigenvalue weighted by Gasteiger charge is 2.34. The number of hydrogen-bond donors (Lipinski definition) is 1. The van der Waals surface area contributed by atoms with Gasteiger partial charge in [-0.1, -0.05) is 24.3 Å².